The number of carbonyl (C=O) groups excluding carboxylic acids is 1. The van der Waals surface area contributed by atoms with Crippen LogP contribution in [-0.4, -0.2) is 45.3 Å². The molecule has 1 unspecified atom stereocenters. The highest BCUT2D eigenvalue weighted by molar-refractivity contribution is 6.30. The summed E-state index contributed by atoms with van der Waals surface area (Å²) in [5.74, 6) is -0.0221. The third-order valence-electron chi connectivity index (χ3n) is 5.87. The Morgan fingerprint density at radius 1 is 1.45 bits per heavy atom. The van der Waals surface area contributed by atoms with E-state index in [0.717, 1.165) is 29.8 Å². The van der Waals surface area contributed by atoms with Crippen molar-refractivity contribution in [2.75, 3.05) is 13.1 Å². The highest BCUT2D eigenvalue weighted by atomic mass is 35.5. The molecule has 1 aliphatic heterocycles. The summed E-state index contributed by atoms with van der Waals surface area (Å²) >= 11 is 6.12. The number of hydrogen-bond acceptors (Lipinski definition) is 4. The van der Waals surface area contributed by atoms with Crippen LogP contribution in [0, 0.1) is 18.3 Å². The highest BCUT2D eigenvalue weighted by Crippen LogP contribution is 2.28. The van der Waals surface area contributed by atoms with E-state index in [1.54, 1.807) is 4.90 Å². The van der Waals surface area contributed by atoms with Crippen LogP contribution in [0.25, 0.3) is 11.3 Å². The van der Waals surface area contributed by atoms with Gasteiger partial charge in [0.1, 0.15) is 6.04 Å². The van der Waals surface area contributed by atoms with Gasteiger partial charge < -0.3 is 10.2 Å². The zero-order valence-electron chi connectivity index (χ0n) is 17.4. The van der Waals surface area contributed by atoms with E-state index in [-0.39, 0.29) is 30.1 Å². The van der Waals surface area contributed by atoms with Crippen molar-refractivity contribution in [3.8, 4) is 17.3 Å². The lowest BCUT2D eigenvalue weighted by molar-refractivity contribution is -0.130. The summed E-state index contributed by atoms with van der Waals surface area (Å²) in [5.41, 5.74) is 2.51. The van der Waals surface area contributed by atoms with Crippen LogP contribution in [0.4, 0.5) is 0 Å². The molecule has 0 radical (unpaired) electrons. The second-order valence-electron chi connectivity index (χ2n) is 8.25. The first-order valence-electron chi connectivity index (χ1n) is 9.99. The van der Waals surface area contributed by atoms with Gasteiger partial charge in [-0.2, -0.15) is 10.4 Å². The minimum Gasteiger partial charge on any atom is -0.326 e. The number of nitrogens with zero attached hydrogens (tertiary/aromatic N) is 4. The molecule has 3 rings (SSSR count). The highest BCUT2D eigenvalue weighted by Gasteiger charge is 2.32. The minimum absolute atomic E-state index is 0.00794. The minimum atomic E-state index is -0.375. The van der Waals surface area contributed by atoms with E-state index in [1.165, 1.54) is 0 Å². The first-order chi connectivity index (χ1) is 13.7. The van der Waals surface area contributed by atoms with Crippen molar-refractivity contribution in [1.82, 2.24) is 20.0 Å². The Hall–Kier alpha value is -2.36. The first-order valence-corrected chi connectivity index (χ1v) is 10.4. The van der Waals surface area contributed by atoms with E-state index >= 15 is 0 Å². The van der Waals surface area contributed by atoms with Gasteiger partial charge in [-0.05, 0) is 58.7 Å². The van der Waals surface area contributed by atoms with Crippen LogP contribution >= 0.6 is 11.6 Å². The Kier molecular flexibility index (Phi) is 6.30. The maximum atomic E-state index is 12.6. The number of benzene rings is 1. The molecule has 1 saturated heterocycles. The standard InChI is InChI=1S/C22H28ClN5O/c1-15-11-20(17-7-5-8-18(23)12-17)26-28(15)16(2)22(3,4)25-14-21(29)27-10-6-9-19(27)13-24/h5,7-8,11-12,16,19,25H,6,9-10,14H2,1-4H3/t16-,19?/m0/s1. The first kappa shape index (κ1) is 21.4. The number of nitrogens with one attached hydrogen (secondary N) is 1. The molecule has 0 spiro atoms. The average Bonchev–Trinajstić information content (AvgIpc) is 3.32. The van der Waals surface area contributed by atoms with E-state index in [2.05, 4.69) is 32.2 Å². The van der Waals surface area contributed by atoms with Crippen molar-refractivity contribution < 1.29 is 4.79 Å². The second-order valence-corrected chi connectivity index (χ2v) is 8.69. The second kappa shape index (κ2) is 8.56. The number of halogens is 1. The van der Waals surface area contributed by atoms with Gasteiger partial charge in [-0.25, -0.2) is 0 Å². The Labute approximate surface area is 177 Å². The third-order valence-corrected chi connectivity index (χ3v) is 6.11. The van der Waals surface area contributed by atoms with Gasteiger partial charge in [0.05, 0.1) is 24.3 Å². The third kappa shape index (κ3) is 4.63. The molecule has 154 valence electrons. The van der Waals surface area contributed by atoms with Crippen LogP contribution in [-0.2, 0) is 4.79 Å². The van der Waals surface area contributed by atoms with E-state index in [9.17, 15) is 10.1 Å². The number of carbonyl (C=O) groups is 1. The summed E-state index contributed by atoms with van der Waals surface area (Å²) in [7, 11) is 0. The predicted octanol–water partition coefficient (Wildman–Crippen LogP) is 3.96. The molecule has 1 amide bonds. The molecule has 0 saturated carbocycles. The topological polar surface area (TPSA) is 74.0 Å². The van der Waals surface area contributed by atoms with Gasteiger partial charge in [-0.15, -0.1) is 0 Å². The van der Waals surface area contributed by atoms with Gasteiger partial charge in [0, 0.05) is 28.4 Å². The van der Waals surface area contributed by atoms with Crippen molar-refractivity contribution in [2.24, 2.45) is 0 Å². The lowest BCUT2D eigenvalue weighted by Crippen LogP contribution is -2.51. The Morgan fingerprint density at radius 2 is 2.21 bits per heavy atom. The Morgan fingerprint density at radius 3 is 2.90 bits per heavy atom. The van der Waals surface area contributed by atoms with Gasteiger partial charge in [0.2, 0.25) is 5.91 Å². The molecular formula is C22H28ClN5O. The molecule has 1 aliphatic rings. The van der Waals surface area contributed by atoms with Crippen LogP contribution in [0.1, 0.15) is 45.3 Å². The summed E-state index contributed by atoms with van der Waals surface area (Å²) in [4.78, 5) is 14.3. The molecule has 0 aliphatic carbocycles. The number of aryl methyl sites for hydroxylation is 1. The van der Waals surface area contributed by atoms with Crippen LogP contribution in [0.5, 0.6) is 0 Å². The van der Waals surface area contributed by atoms with Gasteiger partial charge in [0.25, 0.3) is 0 Å². The van der Waals surface area contributed by atoms with Crippen LogP contribution in [0.2, 0.25) is 5.02 Å². The molecule has 0 bridgehead atoms. The van der Waals surface area contributed by atoms with E-state index < -0.39 is 0 Å². The molecule has 2 heterocycles. The normalized spacial score (nSPS) is 17.9. The fraction of sp³-hybridized carbons (Fsp3) is 0.500. The number of likely N-dealkylation sites (tertiary alicyclic amines) is 1. The summed E-state index contributed by atoms with van der Waals surface area (Å²) in [6.45, 7) is 9.12. The van der Waals surface area contributed by atoms with E-state index in [0.29, 0.717) is 11.6 Å². The lowest BCUT2D eigenvalue weighted by Gasteiger charge is -2.34. The fourth-order valence-corrected chi connectivity index (χ4v) is 3.92. The molecule has 1 aromatic heterocycles. The SMILES string of the molecule is Cc1cc(-c2cccc(Cl)c2)nn1[C@@H](C)C(C)(C)NCC(=O)N1CCCC1C#N. The molecule has 2 atom stereocenters. The molecule has 1 N–H and O–H groups in total. The summed E-state index contributed by atoms with van der Waals surface area (Å²) in [6.07, 6.45) is 1.66. The summed E-state index contributed by atoms with van der Waals surface area (Å²) in [6, 6.07) is 11.6. The quantitative estimate of drug-likeness (QED) is 0.777. The van der Waals surface area contributed by atoms with Gasteiger partial charge >= 0.3 is 0 Å². The van der Waals surface area contributed by atoms with E-state index in [4.69, 9.17) is 16.7 Å². The number of rotatable bonds is 6. The van der Waals surface area contributed by atoms with Crippen molar-refractivity contribution in [3.63, 3.8) is 0 Å². The Bertz CT molecular complexity index is 930. The molecule has 29 heavy (non-hydrogen) atoms. The number of hydrogen-bond donors (Lipinski definition) is 1. The van der Waals surface area contributed by atoms with Crippen molar-refractivity contribution in [2.45, 2.75) is 58.2 Å². The Balaban J connectivity index is 1.71. The van der Waals surface area contributed by atoms with Crippen molar-refractivity contribution >= 4 is 17.5 Å². The monoisotopic (exact) mass is 413 g/mol. The molecule has 1 fully saturated rings. The maximum Gasteiger partial charge on any atom is 0.237 e. The number of aromatic nitrogens is 2. The van der Waals surface area contributed by atoms with Gasteiger partial charge in [-0.3, -0.25) is 9.48 Å². The number of amides is 1. The van der Waals surface area contributed by atoms with E-state index in [1.807, 2.05) is 41.9 Å². The van der Waals surface area contributed by atoms with Gasteiger partial charge in [-0.1, -0.05) is 23.7 Å². The predicted molar refractivity (Wildman–Crippen MR) is 115 cm³/mol. The van der Waals surface area contributed by atoms with Crippen LogP contribution < -0.4 is 5.32 Å². The molecule has 2 aromatic rings. The smallest absolute Gasteiger partial charge is 0.237 e. The molecular weight excluding hydrogens is 386 g/mol. The molecule has 6 nitrogen and oxygen atoms in total. The average molecular weight is 414 g/mol. The fourth-order valence-electron chi connectivity index (χ4n) is 3.73. The lowest BCUT2D eigenvalue weighted by atomic mass is 9.96. The van der Waals surface area contributed by atoms with Gasteiger partial charge in [0.15, 0.2) is 0 Å². The summed E-state index contributed by atoms with van der Waals surface area (Å²) < 4.78 is 1.99. The number of nitriles is 1. The maximum absolute atomic E-state index is 12.6. The van der Waals surface area contributed by atoms with Crippen molar-refractivity contribution in [1.29, 1.82) is 5.26 Å². The zero-order chi connectivity index (χ0) is 21.2. The molecule has 1 aromatic carbocycles. The largest absolute Gasteiger partial charge is 0.326 e. The molecule has 7 heteroatoms. The zero-order valence-corrected chi connectivity index (χ0v) is 18.2. The van der Waals surface area contributed by atoms with Crippen molar-refractivity contribution in [3.05, 3.63) is 41.0 Å². The van der Waals surface area contributed by atoms with Crippen LogP contribution in [0.3, 0.4) is 0 Å². The van der Waals surface area contributed by atoms with Crippen LogP contribution in [0.15, 0.2) is 30.3 Å². The summed E-state index contributed by atoms with van der Waals surface area (Å²) in [5, 5.41) is 18.1.